The molecule has 0 saturated heterocycles. The lowest BCUT2D eigenvalue weighted by Gasteiger charge is -2.08. The van der Waals surface area contributed by atoms with Crippen LogP contribution in [0.4, 0.5) is 4.39 Å². The zero-order valence-electron chi connectivity index (χ0n) is 8.93. The second kappa shape index (κ2) is 4.62. The van der Waals surface area contributed by atoms with Crippen LogP contribution in [0.25, 0.3) is 5.69 Å². The predicted octanol–water partition coefficient (Wildman–Crippen LogP) is 2.33. The number of benzene rings is 1. The van der Waals surface area contributed by atoms with Gasteiger partial charge in [-0.05, 0) is 24.3 Å². The highest BCUT2D eigenvalue weighted by atomic mass is 35.5. The van der Waals surface area contributed by atoms with E-state index in [1.54, 1.807) is 0 Å². The van der Waals surface area contributed by atoms with Gasteiger partial charge < -0.3 is 5.11 Å². The van der Waals surface area contributed by atoms with Gasteiger partial charge in [0.25, 0.3) is 5.56 Å². The topological polar surface area (TPSA) is 59.3 Å². The minimum Gasteiger partial charge on any atom is -0.478 e. The summed E-state index contributed by atoms with van der Waals surface area (Å²) in [4.78, 5) is 22.5. The van der Waals surface area contributed by atoms with E-state index in [1.165, 1.54) is 12.1 Å². The Balaban J connectivity index is 2.66. The summed E-state index contributed by atoms with van der Waals surface area (Å²) in [5.74, 6) is -1.70. The summed E-state index contributed by atoms with van der Waals surface area (Å²) in [5, 5.41) is 8.88. The Morgan fingerprint density at radius 3 is 2.61 bits per heavy atom. The maximum Gasteiger partial charge on any atom is 0.337 e. The van der Waals surface area contributed by atoms with E-state index in [0.29, 0.717) is 0 Å². The van der Waals surface area contributed by atoms with Gasteiger partial charge in [-0.1, -0.05) is 11.6 Å². The van der Waals surface area contributed by atoms with E-state index in [9.17, 15) is 14.0 Å². The van der Waals surface area contributed by atoms with Crippen LogP contribution in [0.2, 0.25) is 5.02 Å². The van der Waals surface area contributed by atoms with Crippen LogP contribution >= 0.6 is 11.6 Å². The number of carbonyl (C=O) groups is 1. The molecule has 2 rings (SSSR count). The van der Waals surface area contributed by atoms with Crippen molar-refractivity contribution in [2.45, 2.75) is 0 Å². The van der Waals surface area contributed by atoms with Crippen molar-refractivity contribution in [3.63, 3.8) is 0 Å². The van der Waals surface area contributed by atoms with Crippen LogP contribution in [0.5, 0.6) is 0 Å². The van der Waals surface area contributed by atoms with Crippen molar-refractivity contribution in [2.75, 3.05) is 0 Å². The van der Waals surface area contributed by atoms with Crippen LogP contribution in [-0.2, 0) is 0 Å². The Labute approximate surface area is 106 Å². The maximum atomic E-state index is 12.9. The van der Waals surface area contributed by atoms with E-state index in [1.807, 2.05) is 0 Å². The monoisotopic (exact) mass is 267 g/mol. The van der Waals surface area contributed by atoms with Crippen molar-refractivity contribution < 1.29 is 14.3 Å². The molecular formula is C12H7ClFNO3. The Morgan fingerprint density at radius 1 is 1.28 bits per heavy atom. The molecule has 0 aliphatic heterocycles. The molecule has 6 heteroatoms. The van der Waals surface area contributed by atoms with Crippen molar-refractivity contribution in [3.8, 4) is 5.69 Å². The van der Waals surface area contributed by atoms with Gasteiger partial charge in [-0.2, -0.15) is 0 Å². The Hall–Kier alpha value is -2.14. The molecule has 0 amide bonds. The van der Waals surface area contributed by atoms with Gasteiger partial charge in [0, 0.05) is 12.3 Å². The third-order valence-electron chi connectivity index (χ3n) is 2.33. The van der Waals surface area contributed by atoms with Crippen LogP contribution in [0.3, 0.4) is 0 Å². The summed E-state index contributed by atoms with van der Waals surface area (Å²) in [6.45, 7) is 0. The first-order valence-corrected chi connectivity index (χ1v) is 5.28. The SMILES string of the molecule is O=C(O)c1ccc(=O)n(-c2ccc(F)cc2Cl)c1. The van der Waals surface area contributed by atoms with Crippen LogP contribution in [0.15, 0.2) is 41.3 Å². The number of pyridine rings is 1. The molecule has 2 aromatic rings. The lowest BCUT2D eigenvalue weighted by molar-refractivity contribution is 0.0696. The van der Waals surface area contributed by atoms with Crippen LogP contribution in [-0.4, -0.2) is 15.6 Å². The molecule has 1 aromatic heterocycles. The molecule has 1 aromatic carbocycles. The molecule has 4 nitrogen and oxygen atoms in total. The van der Waals surface area contributed by atoms with Gasteiger partial charge >= 0.3 is 5.97 Å². The molecule has 0 bridgehead atoms. The molecule has 1 N–H and O–H groups in total. The van der Waals surface area contributed by atoms with Crippen LogP contribution in [0, 0.1) is 5.82 Å². The zero-order valence-corrected chi connectivity index (χ0v) is 9.69. The lowest BCUT2D eigenvalue weighted by atomic mass is 10.2. The highest BCUT2D eigenvalue weighted by Crippen LogP contribution is 2.20. The molecule has 0 radical (unpaired) electrons. The van der Waals surface area contributed by atoms with Gasteiger partial charge in [0.2, 0.25) is 0 Å². The molecule has 0 atom stereocenters. The van der Waals surface area contributed by atoms with Crippen molar-refractivity contribution in [1.29, 1.82) is 0 Å². The minimum atomic E-state index is -1.16. The number of carboxylic acid groups (broad SMARTS) is 1. The molecule has 18 heavy (non-hydrogen) atoms. The number of halogens is 2. The predicted molar refractivity (Wildman–Crippen MR) is 64.0 cm³/mol. The second-order valence-corrected chi connectivity index (χ2v) is 3.93. The van der Waals surface area contributed by atoms with Gasteiger partial charge in [-0.25, -0.2) is 9.18 Å². The largest absolute Gasteiger partial charge is 0.478 e. The van der Waals surface area contributed by atoms with E-state index in [0.717, 1.165) is 29.0 Å². The Bertz CT molecular complexity index is 681. The summed E-state index contributed by atoms with van der Waals surface area (Å²) in [5.41, 5.74) is -0.283. The standard InChI is InChI=1S/C12H7ClFNO3/c13-9-5-8(14)2-3-10(9)15-6-7(12(17)18)1-4-11(15)16/h1-6H,(H,17,18). The third kappa shape index (κ3) is 2.26. The van der Waals surface area contributed by atoms with E-state index < -0.39 is 17.3 Å². The van der Waals surface area contributed by atoms with Gasteiger partial charge in [-0.3, -0.25) is 9.36 Å². The number of hydrogen-bond acceptors (Lipinski definition) is 2. The first-order chi connectivity index (χ1) is 8.49. The number of rotatable bonds is 2. The van der Waals surface area contributed by atoms with Gasteiger partial charge in [0.1, 0.15) is 5.82 Å². The summed E-state index contributed by atoms with van der Waals surface area (Å²) in [6.07, 6.45) is 1.14. The normalized spacial score (nSPS) is 10.3. The number of aromatic carboxylic acids is 1. The molecule has 0 fully saturated rings. The van der Waals surface area contributed by atoms with Crippen LogP contribution in [0.1, 0.15) is 10.4 Å². The molecule has 0 spiro atoms. The molecule has 92 valence electrons. The van der Waals surface area contributed by atoms with E-state index in [2.05, 4.69) is 0 Å². The molecule has 0 unspecified atom stereocenters. The van der Waals surface area contributed by atoms with E-state index in [-0.39, 0.29) is 16.3 Å². The summed E-state index contributed by atoms with van der Waals surface area (Å²) >= 11 is 5.82. The quantitative estimate of drug-likeness (QED) is 0.908. The number of hydrogen-bond donors (Lipinski definition) is 1. The molecular weight excluding hydrogens is 261 g/mol. The lowest BCUT2D eigenvalue weighted by Crippen LogP contribution is -2.18. The minimum absolute atomic E-state index is 0.0274. The van der Waals surface area contributed by atoms with Gasteiger partial charge in [0.05, 0.1) is 16.3 Å². The highest BCUT2D eigenvalue weighted by molar-refractivity contribution is 6.32. The van der Waals surface area contributed by atoms with E-state index >= 15 is 0 Å². The molecule has 0 saturated carbocycles. The fourth-order valence-corrected chi connectivity index (χ4v) is 1.74. The molecule has 0 aliphatic carbocycles. The van der Waals surface area contributed by atoms with Crippen LogP contribution < -0.4 is 5.56 Å². The number of nitrogens with zero attached hydrogens (tertiary/aromatic N) is 1. The molecule has 0 aliphatic rings. The highest BCUT2D eigenvalue weighted by Gasteiger charge is 2.09. The first kappa shape index (κ1) is 12.3. The fourth-order valence-electron chi connectivity index (χ4n) is 1.48. The summed E-state index contributed by atoms with van der Waals surface area (Å²) < 4.78 is 14.0. The number of carboxylic acids is 1. The molecule has 1 heterocycles. The van der Waals surface area contributed by atoms with Gasteiger partial charge in [0.15, 0.2) is 0 Å². The number of aromatic nitrogens is 1. The van der Waals surface area contributed by atoms with E-state index in [4.69, 9.17) is 16.7 Å². The van der Waals surface area contributed by atoms with Crippen molar-refractivity contribution in [1.82, 2.24) is 4.57 Å². The van der Waals surface area contributed by atoms with Crippen molar-refractivity contribution >= 4 is 17.6 Å². The van der Waals surface area contributed by atoms with Crippen molar-refractivity contribution in [2.24, 2.45) is 0 Å². The third-order valence-corrected chi connectivity index (χ3v) is 2.63. The zero-order chi connectivity index (χ0) is 13.3. The summed E-state index contributed by atoms with van der Waals surface area (Å²) in [6, 6.07) is 5.81. The Morgan fingerprint density at radius 2 is 2.00 bits per heavy atom. The summed E-state index contributed by atoms with van der Waals surface area (Å²) in [7, 11) is 0. The van der Waals surface area contributed by atoms with Crippen molar-refractivity contribution in [3.05, 3.63) is 63.3 Å². The van der Waals surface area contributed by atoms with Gasteiger partial charge in [-0.15, -0.1) is 0 Å². The average molecular weight is 268 g/mol. The average Bonchev–Trinajstić information content (AvgIpc) is 2.30. The smallest absolute Gasteiger partial charge is 0.337 e. The Kier molecular flexibility index (Phi) is 3.16. The fraction of sp³-hybridized carbons (Fsp3) is 0. The second-order valence-electron chi connectivity index (χ2n) is 3.53. The maximum absolute atomic E-state index is 12.9. The first-order valence-electron chi connectivity index (χ1n) is 4.90.